The number of nitrogens with zero attached hydrogens (tertiary/aromatic N) is 2. The molecule has 26 heavy (non-hydrogen) atoms. The number of fused-ring (bicyclic) bond motifs is 1. The van der Waals surface area contributed by atoms with E-state index in [2.05, 4.69) is 25.9 Å². The number of aliphatic imine (C=N–C) groups is 1. The average Bonchev–Trinajstić information content (AvgIpc) is 3.07. The summed E-state index contributed by atoms with van der Waals surface area (Å²) >= 11 is 3.42. The van der Waals surface area contributed by atoms with Gasteiger partial charge >= 0.3 is 0 Å². The quantitative estimate of drug-likeness (QED) is 0.423. The lowest BCUT2D eigenvalue weighted by molar-refractivity contribution is 0.470. The van der Waals surface area contributed by atoms with E-state index in [4.69, 9.17) is 4.42 Å². The second-order valence-electron chi connectivity index (χ2n) is 5.95. The van der Waals surface area contributed by atoms with Gasteiger partial charge in [0.05, 0.1) is 5.69 Å². The summed E-state index contributed by atoms with van der Waals surface area (Å²) in [5, 5.41) is 10.1. The SMILES string of the molecule is Cc1cccc(C=Nc2ccc3oc(-c4ccc(Br)cc4)nc3c2)c1O. The van der Waals surface area contributed by atoms with Gasteiger partial charge in [0, 0.05) is 21.8 Å². The second kappa shape index (κ2) is 6.77. The van der Waals surface area contributed by atoms with Crippen LogP contribution in [0.2, 0.25) is 0 Å². The summed E-state index contributed by atoms with van der Waals surface area (Å²) in [5.41, 5.74) is 4.61. The van der Waals surface area contributed by atoms with Crippen LogP contribution in [0.1, 0.15) is 11.1 Å². The van der Waals surface area contributed by atoms with Crippen LogP contribution in [0.15, 0.2) is 74.5 Å². The van der Waals surface area contributed by atoms with Crippen molar-refractivity contribution in [3.8, 4) is 17.2 Å². The van der Waals surface area contributed by atoms with Crippen molar-refractivity contribution in [2.24, 2.45) is 4.99 Å². The number of benzene rings is 3. The summed E-state index contributed by atoms with van der Waals surface area (Å²) in [7, 11) is 0. The number of hydrogen-bond acceptors (Lipinski definition) is 4. The van der Waals surface area contributed by atoms with E-state index in [-0.39, 0.29) is 5.75 Å². The molecule has 0 unspecified atom stereocenters. The number of aromatic nitrogens is 1. The standard InChI is InChI=1S/C21H15BrN2O2/c1-13-3-2-4-15(20(13)25)12-23-17-9-10-19-18(11-17)24-21(26-19)14-5-7-16(22)8-6-14/h2-12,25H,1H3. The van der Waals surface area contributed by atoms with Gasteiger partial charge in [-0.25, -0.2) is 4.98 Å². The molecule has 1 N–H and O–H groups in total. The van der Waals surface area contributed by atoms with Gasteiger partial charge in [-0.1, -0.05) is 28.1 Å². The molecule has 128 valence electrons. The van der Waals surface area contributed by atoms with Crippen LogP contribution in [0.25, 0.3) is 22.6 Å². The third-order valence-corrected chi connectivity index (χ3v) is 4.61. The van der Waals surface area contributed by atoms with Crippen molar-refractivity contribution in [3.63, 3.8) is 0 Å². The van der Waals surface area contributed by atoms with E-state index < -0.39 is 0 Å². The lowest BCUT2D eigenvalue weighted by atomic mass is 10.1. The molecule has 4 aromatic rings. The van der Waals surface area contributed by atoms with E-state index in [1.165, 1.54) is 0 Å². The highest BCUT2D eigenvalue weighted by Gasteiger charge is 2.09. The number of hydrogen-bond donors (Lipinski definition) is 1. The van der Waals surface area contributed by atoms with Crippen LogP contribution in [0, 0.1) is 6.92 Å². The Bertz CT molecular complexity index is 1110. The van der Waals surface area contributed by atoms with Crippen LogP contribution in [0.3, 0.4) is 0 Å². The molecule has 1 aromatic heterocycles. The molecule has 3 aromatic carbocycles. The number of para-hydroxylation sites is 1. The van der Waals surface area contributed by atoms with Crippen LogP contribution in [0.4, 0.5) is 5.69 Å². The number of rotatable bonds is 3. The summed E-state index contributed by atoms with van der Waals surface area (Å²) < 4.78 is 6.84. The van der Waals surface area contributed by atoms with Gasteiger partial charge in [-0.3, -0.25) is 4.99 Å². The molecule has 0 spiro atoms. The third-order valence-electron chi connectivity index (χ3n) is 4.08. The van der Waals surface area contributed by atoms with Crippen LogP contribution < -0.4 is 0 Å². The van der Waals surface area contributed by atoms with Crippen molar-refractivity contribution < 1.29 is 9.52 Å². The van der Waals surface area contributed by atoms with Gasteiger partial charge in [-0.15, -0.1) is 0 Å². The minimum atomic E-state index is 0.247. The molecule has 0 amide bonds. The number of phenols is 1. The Balaban J connectivity index is 1.66. The zero-order valence-corrected chi connectivity index (χ0v) is 15.6. The molecule has 5 heteroatoms. The third kappa shape index (κ3) is 3.26. The van der Waals surface area contributed by atoms with E-state index in [1.54, 1.807) is 6.21 Å². The molecule has 0 aliphatic heterocycles. The first-order chi connectivity index (χ1) is 12.6. The fraction of sp³-hybridized carbons (Fsp3) is 0.0476. The first-order valence-electron chi connectivity index (χ1n) is 8.09. The molecule has 0 aliphatic carbocycles. The van der Waals surface area contributed by atoms with Gasteiger partial charge in [0.2, 0.25) is 5.89 Å². The predicted molar refractivity (Wildman–Crippen MR) is 107 cm³/mol. The Hall–Kier alpha value is -2.92. The van der Waals surface area contributed by atoms with Gasteiger partial charge in [0.25, 0.3) is 0 Å². The molecule has 0 radical (unpaired) electrons. The molecular formula is C21H15BrN2O2. The van der Waals surface area contributed by atoms with E-state index in [1.807, 2.05) is 67.6 Å². The Morgan fingerprint density at radius 3 is 2.69 bits per heavy atom. The van der Waals surface area contributed by atoms with Crippen molar-refractivity contribution in [2.45, 2.75) is 6.92 Å². The molecule has 4 nitrogen and oxygen atoms in total. The zero-order chi connectivity index (χ0) is 18.1. The van der Waals surface area contributed by atoms with Gasteiger partial charge in [0.15, 0.2) is 5.58 Å². The van der Waals surface area contributed by atoms with E-state index in [0.29, 0.717) is 17.0 Å². The van der Waals surface area contributed by atoms with Crippen LogP contribution in [-0.2, 0) is 0 Å². The van der Waals surface area contributed by atoms with Gasteiger partial charge in [-0.2, -0.15) is 0 Å². The topological polar surface area (TPSA) is 58.6 Å². The minimum Gasteiger partial charge on any atom is -0.507 e. The second-order valence-corrected chi connectivity index (χ2v) is 6.86. The van der Waals surface area contributed by atoms with Crippen LogP contribution >= 0.6 is 15.9 Å². The number of aromatic hydroxyl groups is 1. The van der Waals surface area contributed by atoms with Crippen molar-refractivity contribution in [3.05, 3.63) is 76.3 Å². The van der Waals surface area contributed by atoms with E-state index in [9.17, 15) is 5.11 Å². The maximum atomic E-state index is 10.1. The highest BCUT2D eigenvalue weighted by molar-refractivity contribution is 9.10. The molecule has 0 bridgehead atoms. The van der Waals surface area contributed by atoms with Crippen molar-refractivity contribution in [2.75, 3.05) is 0 Å². The number of aryl methyl sites for hydroxylation is 1. The van der Waals surface area contributed by atoms with Gasteiger partial charge < -0.3 is 9.52 Å². The fourth-order valence-electron chi connectivity index (χ4n) is 2.64. The fourth-order valence-corrected chi connectivity index (χ4v) is 2.91. The summed E-state index contributed by atoms with van der Waals surface area (Å²) in [6.45, 7) is 1.86. The summed E-state index contributed by atoms with van der Waals surface area (Å²) in [6, 6.07) is 19.0. The Labute approximate surface area is 159 Å². The predicted octanol–water partition coefficient (Wildman–Crippen LogP) is 6.02. The van der Waals surface area contributed by atoms with Gasteiger partial charge in [0.1, 0.15) is 11.3 Å². The monoisotopic (exact) mass is 406 g/mol. The van der Waals surface area contributed by atoms with E-state index >= 15 is 0 Å². The largest absolute Gasteiger partial charge is 0.507 e. The first kappa shape index (κ1) is 16.5. The van der Waals surface area contributed by atoms with Crippen LogP contribution in [-0.4, -0.2) is 16.3 Å². The summed E-state index contributed by atoms with van der Waals surface area (Å²) in [5.74, 6) is 0.821. The number of phenolic OH excluding ortho intramolecular Hbond substituents is 1. The highest BCUT2D eigenvalue weighted by atomic mass is 79.9. The van der Waals surface area contributed by atoms with Crippen molar-refractivity contribution in [1.29, 1.82) is 0 Å². The van der Waals surface area contributed by atoms with E-state index in [0.717, 1.165) is 26.8 Å². The molecule has 0 aliphatic rings. The first-order valence-corrected chi connectivity index (χ1v) is 8.88. The zero-order valence-electron chi connectivity index (χ0n) is 14.0. The molecule has 0 saturated carbocycles. The Kier molecular flexibility index (Phi) is 4.31. The maximum Gasteiger partial charge on any atom is 0.227 e. The lowest BCUT2D eigenvalue weighted by Gasteiger charge is -2.01. The molecule has 0 atom stereocenters. The number of oxazole rings is 1. The maximum absolute atomic E-state index is 10.1. The Morgan fingerprint density at radius 1 is 1.08 bits per heavy atom. The Morgan fingerprint density at radius 2 is 1.88 bits per heavy atom. The normalized spacial score (nSPS) is 11.5. The summed E-state index contributed by atoms with van der Waals surface area (Å²) in [4.78, 5) is 9.00. The number of halogens is 1. The van der Waals surface area contributed by atoms with Crippen LogP contribution in [0.5, 0.6) is 5.75 Å². The smallest absolute Gasteiger partial charge is 0.227 e. The lowest BCUT2D eigenvalue weighted by Crippen LogP contribution is -1.84. The van der Waals surface area contributed by atoms with Crippen molar-refractivity contribution >= 4 is 38.9 Å². The summed E-state index contributed by atoms with van der Waals surface area (Å²) in [6.07, 6.45) is 1.65. The minimum absolute atomic E-state index is 0.247. The van der Waals surface area contributed by atoms with Gasteiger partial charge in [-0.05, 0) is 61.0 Å². The molecule has 0 fully saturated rings. The average molecular weight is 407 g/mol. The molecular weight excluding hydrogens is 392 g/mol. The molecule has 1 heterocycles. The molecule has 0 saturated heterocycles. The van der Waals surface area contributed by atoms with Crippen molar-refractivity contribution in [1.82, 2.24) is 4.98 Å². The highest BCUT2D eigenvalue weighted by Crippen LogP contribution is 2.28. The molecule has 4 rings (SSSR count).